The number of ether oxygens (including phenoxy) is 1. The minimum absolute atomic E-state index is 0.0966. The molecule has 3 aromatic carbocycles. The maximum absolute atomic E-state index is 14.3. The van der Waals surface area contributed by atoms with Gasteiger partial charge in [0, 0.05) is 16.7 Å². The number of amides is 1. The normalized spacial score (nSPS) is 24.7. The van der Waals surface area contributed by atoms with Gasteiger partial charge in [-0.1, -0.05) is 66.7 Å². The summed E-state index contributed by atoms with van der Waals surface area (Å²) >= 11 is 0. The van der Waals surface area contributed by atoms with Crippen LogP contribution < -0.4 is 5.32 Å². The third-order valence-corrected chi connectivity index (χ3v) is 7.98. The van der Waals surface area contributed by atoms with Crippen LogP contribution in [0, 0.1) is 11.2 Å². The molecule has 1 unspecified atom stereocenters. The monoisotopic (exact) mass is 457 g/mol. The van der Waals surface area contributed by atoms with Crippen LogP contribution in [0.25, 0.3) is 11.1 Å². The predicted molar refractivity (Wildman–Crippen MR) is 124 cm³/mol. The molecule has 1 amide bonds. The molecule has 0 aliphatic heterocycles. The molecule has 34 heavy (non-hydrogen) atoms. The lowest BCUT2D eigenvalue weighted by atomic mass is 9.31. The summed E-state index contributed by atoms with van der Waals surface area (Å²) in [7, 11) is 0. The quantitative estimate of drug-likeness (QED) is 0.531. The minimum atomic E-state index is -1.09. The van der Waals surface area contributed by atoms with Gasteiger partial charge >= 0.3 is 12.1 Å². The molecule has 2 N–H and O–H groups in total. The molecule has 3 saturated carbocycles. The molecule has 0 radical (unpaired) electrons. The predicted octanol–water partition coefficient (Wildman–Crippen LogP) is 5.24. The maximum atomic E-state index is 14.3. The van der Waals surface area contributed by atoms with Crippen LogP contribution in [0.2, 0.25) is 0 Å². The molecule has 0 heterocycles. The second kappa shape index (κ2) is 7.42. The van der Waals surface area contributed by atoms with Gasteiger partial charge in [-0.05, 0) is 53.1 Å². The first-order valence-electron chi connectivity index (χ1n) is 11.5. The Kier molecular flexibility index (Phi) is 4.56. The number of carboxylic acid groups (broad SMARTS) is 1. The molecule has 4 aliphatic carbocycles. The molecule has 0 saturated heterocycles. The van der Waals surface area contributed by atoms with Crippen molar-refractivity contribution in [2.75, 3.05) is 6.61 Å². The first-order valence-corrected chi connectivity index (χ1v) is 11.5. The van der Waals surface area contributed by atoms with Crippen molar-refractivity contribution in [3.63, 3.8) is 0 Å². The van der Waals surface area contributed by atoms with Gasteiger partial charge in [0.25, 0.3) is 0 Å². The van der Waals surface area contributed by atoms with Gasteiger partial charge in [-0.15, -0.1) is 0 Å². The molecule has 6 heteroatoms. The van der Waals surface area contributed by atoms with Crippen LogP contribution in [0.1, 0.15) is 41.9 Å². The summed E-state index contributed by atoms with van der Waals surface area (Å²) in [5.74, 6) is -1.44. The summed E-state index contributed by atoms with van der Waals surface area (Å²) in [6.45, 7) is 0.123. The van der Waals surface area contributed by atoms with Gasteiger partial charge < -0.3 is 15.2 Å². The second-order valence-corrected chi connectivity index (χ2v) is 9.89. The van der Waals surface area contributed by atoms with Crippen molar-refractivity contribution in [3.05, 3.63) is 95.3 Å². The van der Waals surface area contributed by atoms with E-state index >= 15 is 0 Å². The fourth-order valence-corrected chi connectivity index (χ4v) is 6.58. The number of hydrogen-bond donors (Lipinski definition) is 2. The topological polar surface area (TPSA) is 75.6 Å². The van der Waals surface area contributed by atoms with Crippen molar-refractivity contribution in [2.45, 2.75) is 36.6 Å². The number of benzene rings is 3. The van der Waals surface area contributed by atoms with E-state index in [4.69, 9.17) is 4.74 Å². The second-order valence-electron chi connectivity index (χ2n) is 9.89. The minimum Gasteiger partial charge on any atom is -0.480 e. The van der Waals surface area contributed by atoms with E-state index in [9.17, 15) is 19.1 Å². The molecule has 1 atom stereocenters. The molecule has 0 spiro atoms. The Morgan fingerprint density at radius 3 is 2.09 bits per heavy atom. The number of aliphatic carboxylic acids is 1. The van der Waals surface area contributed by atoms with E-state index in [1.165, 1.54) is 6.07 Å². The molecule has 4 aliphatic rings. The first kappa shape index (κ1) is 20.9. The van der Waals surface area contributed by atoms with E-state index in [0.29, 0.717) is 24.8 Å². The Balaban J connectivity index is 1.13. The van der Waals surface area contributed by atoms with E-state index in [2.05, 4.69) is 17.4 Å². The van der Waals surface area contributed by atoms with Crippen molar-refractivity contribution in [1.82, 2.24) is 5.32 Å². The van der Waals surface area contributed by atoms with Gasteiger partial charge in [0.2, 0.25) is 0 Å². The van der Waals surface area contributed by atoms with Gasteiger partial charge in [0.05, 0.1) is 0 Å². The number of rotatable bonds is 6. The van der Waals surface area contributed by atoms with Crippen LogP contribution in [-0.4, -0.2) is 29.8 Å². The van der Waals surface area contributed by atoms with E-state index in [1.807, 2.05) is 36.4 Å². The number of fused-ring (bicyclic) bond motifs is 3. The average molecular weight is 458 g/mol. The standard InChI is InChI=1S/C28H24FNO4/c29-23-12-6-5-11-22(23)27-14-28(15-27,16-27)24(25(31)32)30-26(33)34-13-21-19-9-3-1-7-17(19)18-8-2-4-10-20(18)21/h1-12,21,24H,13-16H2,(H,30,33)(H,31,32). The molecular formula is C28H24FNO4. The highest BCUT2D eigenvalue weighted by atomic mass is 19.1. The van der Waals surface area contributed by atoms with Crippen molar-refractivity contribution < 1.29 is 23.8 Å². The Hall–Kier alpha value is -3.67. The molecule has 3 fully saturated rings. The molecule has 3 aromatic rings. The smallest absolute Gasteiger partial charge is 0.407 e. The van der Waals surface area contributed by atoms with E-state index in [1.54, 1.807) is 18.2 Å². The largest absolute Gasteiger partial charge is 0.480 e. The van der Waals surface area contributed by atoms with Gasteiger partial charge in [-0.25, -0.2) is 14.0 Å². The van der Waals surface area contributed by atoms with Crippen LogP contribution >= 0.6 is 0 Å². The highest BCUT2D eigenvalue weighted by Gasteiger charge is 2.73. The fraction of sp³-hybridized carbons (Fsp3) is 0.286. The molecule has 0 aromatic heterocycles. The zero-order chi connectivity index (χ0) is 23.5. The molecule has 5 nitrogen and oxygen atoms in total. The Morgan fingerprint density at radius 1 is 0.941 bits per heavy atom. The molecular weight excluding hydrogens is 433 g/mol. The van der Waals surface area contributed by atoms with Crippen molar-refractivity contribution in [3.8, 4) is 11.1 Å². The zero-order valence-electron chi connectivity index (χ0n) is 18.5. The number of carbonyl (C=O) groups excluding carboxylic acids is 1. The summed E-state index contributed by atoms with van der Waals surface area (Å²) < 4.78 is 19.8. The highest BCUT2D eigenvalue weighted by molar-refractivity contribution is 5.82. The zero-order valence-corrected chi connectivity index (χ0v) is 18.5. The van der Waals surface area contributed by atoms with Gasteiger partial charge in [0.15, 0.2) is 0 Å². The van der Waals surface area contributed by atoms with Crippen molar-refractivity contribution in [2.24, 2.45) is 5.41 Å². The number of hydrogen-bond acceptors (Lipinski definition) is 3. The molecule has 172 valence electrons. The number of carbonyl (C=O) groups is 2. The fourth-order valence-electron chi connectivity index (χ4n) is 6.58. The summed E-state index contributed by atoms with van der Waals surface area (Å²) in [6.07, 6.45) is 0.893. The lowest BCUT2D eigenvalue weighted by molar-refractivity contribution is -0.183. The third-order valence-electron chi connectivity index (χ3n) is 7.98. The van der Waals surface area contributed by atoms with Gasteiger partial charge in [0.1, 0.15) is 18.5 Å². The summed E-state index contributed by atoms with van der Waals surface area (Å²) in [5, 5.41) is 12.4. The SMILES string of the molecule is O=C(NC(C(=O)O)C12CC(c3ccccc3F)(C1)C2)OCC1c2ccccc2-c2ccccc21. The number of halogens is 1. The van der Waals surface area contributed by atoms with Crippen LogP contribution in [0.4, 0.5) is 9.18 Å². The van der Waals surface area contributed by atoms with Crippen molar-refractivity contribution >= 4 is 12.1 Å². The third kappa shape index (κ3) is 2.98. The van der Waals surface area contributed by atoms with Gasteiger partial charge in [-0.3, -0.25) is 0 Å². The highest BCUT2D eigenvalue weighted by Crippen LogP contribution is 2.75. The van der Waals surface area contributed by atoms with Crippen LogP contribution in [-0.2, 0) is 14.9 Å². The van der Waals surface area contributed by atoms with E-state index in [0.717, 1.165) is 22.3 Å². The maximum Gasteiger partial charge on any atom is 0.407 e. The lowest BCUT2D eigenvalue weighted by Crippen LogP contribution is -2.73. The van der Waals surface area contributed by atoms with Crippen LogP contribution in [0.15, 0.2) is 72.8 Å². The lowest BCUT2D eigenvalue weighted by Gasteiger charge is -2.72. The van der Waals surface area contributed by atoms with Crippen LogP contribution in [0.5, 0.6) is 0 Å². The van der Waals surface area contributed by atoms with Gasteiger partial charge in [-0.2, -0.15) is 0 Å². The molecule has 2 bridgehead atoms. The van der Waals surface area contributed by atoms with E-state index < -0.39 is 23.5 Å². The number of alkyl carbamates (subject to hydrolysis) is 1. The summed E-state index contributed by atoms with van der Waals surface area (Å²) in [5.41, 5.74) is 4.21. The first-order chi connectivity index (χ1) is 16.4. The molecule has 7 rings (SSSR count). The Bertz CT molecular complexity index is 1250. The average Bonchev–Trinajstić information content (AvgIpc) is 3.10. The Morgan fingerprint density at radius 2 is 1.50 bits per heavy atom. The summed E-state index contributed by atoms with van der Waals surface area (Å²) in [6, 6.07) is 21.7. The van der Waals surface area contributed by atoms with E-state index in [-0.39, 0.29) is 23.8 Å². The Labute approximate surface area is 196 Å². The number of nitrogens with one attached hydrogen (secondary N) is 1. The summed E-state index contributed by atoms with van der Waals surface area (Å²) in [4.78, 5) is 24.7. The number of carboxylic acids is 1. The van der Waals surface area contributed by atoms with Crippen molar-refractivity contribution in [1.29, 1.82) is 0 Å². The van der Waals surface area contributed by atoms with Crippen LogP contribution in [0.3, 0.4) is 0 Å².